The summed E-state index contributed by atoms with van der Waals surface area (Å²) in [7, 11) is 1.80. The van der Waals surface area contributed by atoms with Crippen LogP contribution in [0.3, 0.4) is 0 Å². The van der Waals surface area contributed by atoms with Crippen molar-refractivity contribution in [1.29, 1.82) is 0 Å². The number of rotatable bonds is 8. The molecular formula is C22H27N5S. The van der Waals surface area contributed by atoms with Crippen molar-refractivity contribution in [2.75, 3.05) is 13.6 Å². The molecule has 2 N–H and O–H groups in total. The van der Waals surface area contributed by atoms with Crippen LogP contribution in [0.2, 0.25) is 0 Å². The monoisotopic (exact) mass is 393 g/mol. The zero-order valence-electron chi connectivity index (χ0n) is 16.4. The zero-order chi connectivity index (χ0) is 19.6. The predicted molar refractivity (Wildman–Crippen MR) is 118 cm³/mol. The molecule has 146 valence electrons. The molecule has 6 heteroatoms. The smallest absolute Gasteiger partial charge is 0.191 e. The molecule has 0 aliphatic carbocycles. The molecule has 5 nitrogen and oxygen atoms in total. The molecule has 28 heavy (non-hydrogen) atoms. The fourth-order valence-electron chi connectivity index (χ4n) is 2.77. The Kier molecular flexibility index (Phi) is 7.55. The summed E-state index contributed by atoms with van der Waals surface area (Å²) in [6.45, 7) is 4.65. The lowest BCUT2D eigenvalue weighted by Gasteiger charge is -2.16. The molecule has 3 rings (SSSR count). The molecule has 0 saturated carbocycles. The van der Waals surface area contributed by atoms with Gasteiger partial charge in [0, 0.05) is 49.2 Å². The fourth-order valence-corrected chi connectivity index (χ4v) is 3.72. The van der Waals surface area contributed by atoms with E-state index in [1.807, 2.05) is 30.4 Å². The maximum Gasteiger partial charge on any atom is 0.191 e. The standard InChI is InChI=1S/C22H27N5S/c1-18(28-21-6-4-3-5-7-21)14-25-22(23-2)26-15-19-8-10-20(11-9-19)16-27-13-12-24-17-27/h3-13,17-18H,14-16H2,1-2H3,(H2,23,25,26). The van der Waals surface area contributed by atoms with E-state index in [0.29, 0.717) is 5.25 Å². The Labute approximate surface area is 171 Å². The molecule has 0 fully saturated rings. The molecule has 1 heterocycles. The molecule has 3 aromatic rings. The van der Waals surface area contributed by atoms with Gasteiger partial charge in [-0.1, -0.05) is 49.4 Å². The second-order valence-electron chi connectivity index (χ2n) is 6.60. The Morgan fingerprint density at radius 3 is 2.50 bits per heavy atom. The Morgan fingerprint density at radius 2 is 1.82 bits per heavy atom. The Hall–Kier alpha value is -2.73. The third-order valence-electron chi connectivity index (χ3n) is 4.27. The average molecular weight is 394 g/mol. The summed E-state index contributed by atoms with van der Waals surface area (Å²) in [5.74, 6) is 0.822. The van der Waals surface area contributed by atoms with Gasteiger partial charge in [-0.05, 0) is 23.3 Å². The van der Waals surface area contributed by atoms with Crippen LogP contribution in [0.1, 0.15) is 18.1 Å². The van der Waals surface area contributed by atoms with E-state index in [0.717, 1.165) is 25.6 Å². The van der Waals surface area contributed by atoms with Crippen molar-refractivity contribution in [2.24, 2.45) is 4.99 Å². The molecular weight excluding hydrogens is 366 g/mol. The summed E-state index contributed by atoms with van der Waals surface area (Å²) in [5.41, 5.74) is 2.49. The van der Waals surface area contributed by atoms with Crippen LogP contribution in [-0.2, 0) is 13.1 Å². The Bertz CT molecular complexity index is 844. The first kappa shape index (κ1) is 20.0. The van der Waals surface area contributed by atoms with Crippen LogP contribution in [0.4, 0.5) is 0 Å². The highest BCUT2D eigenvalue weighted by atomic mass is 32.2. The highest BCUT2D eigenvalue weighted by molar-refractivity contribution is 8.00. The van der Waals surface area contributed by atoms with Crippen LogP contribution in [0, 0.1) is 0 Å². The number of hydrogen-bond acceptors (Lipinski definition) is 3. The van der Waals surface area contributed by atoms with Crippen LogP contribution < -0.4 is 10.6 Å². The number of nitrogens with zero attached hydrogens (tertiary/aromatic N) is 3. The summed E-state index contributed by atoms with van der Waals surface area (Å²) >= 11 is 1.86. The van der Waals surface area contributed by atoms with E-state index in [1.165, 1.54) is 16.0 Å². The van der Waals surface area contributed by atoms with Crippen LogP contribution >= 0.6 is 11.8 Å². The highest BCUT2D eigenvalue weighted by Gasteiger charge is 2.06. The molecule has 0 radical (unpaired) electrons. The second-order valence-corrected chi connectivity index (χ2v) is 8.11. The molecule has 0 saturated heterocycles. The van der Waals surface area contributed by atoms with Gasteiger partial charge >= 0.3 is 0 Å². The van der Waals surface area contributed by atoms with Crippen molar-refractivity contribution in [1.82, 2.24) is 20.2 Å². The summed E-state index contributed by atoms with van der Waals surface area (Å²) < 4.78 is 2.06. The van der Waals surface area contributed by atoms with Crippen molar-refractivity contribution < 1.29 is 0 Å². The number of aliphatic imine (C=N–C) groups is 1. The van der Waals surface area contributed by atoms with E-state index in [9.17, 15) is 0 Å². The van der Waals surface area contributed by atoms with Crippen molar-refractivity contribution in [3.63, 3.8) is 0 Å². The highest BCUT2D eigenvalue weighted by Crippen LogP contribution is 2.21. The normalized spacial score (nSPS) is 12.6. The molecule has 0 spiro atoms. The summed E-state index contributed by atoms with van der Waals surface area (Å²) in [5, 5.41) is 7.24. The van der Waals surface area contributed by atoms with Crippen LogP contribution in [0.25, 0.3) is 0 Å². The van der Waals surface area contributed by atoms with Crippen molar-refractivity contribution in [2.45, 2.75) is 30.2 Å². The van der Waals surface area contributed by atoms with Gasteiger partial charge in [-0.3, -0.25) is 4.99 Å². The van der Waals surface area contributed by atoms with E-state index in [2.05, 4.69) is 80.6 Å². The van der Waals surface area contributed by atoms with Gasteiger partial charge in [-0.15, -0.1) is 11.8 Å². The maximum absolute atomic E-state index is 4.32. The SMILES string of the molecule is CN=C(NCc1ccc(Cn2ccnc2)cc1)NCC(C)Sc1ccccc1. The number of hydrogen-bond donors (Lipinski definition) is 2. The van der Waals surface area contributed by atoms with Gasteiger partial charge in [0.15, 0.2) is 5.96 Å². The lowest BCUT2D eigenvalue weighted by atomic mass is 10.1. The lowest BCUT2D eigenvalue weighted by Crippen LogP contribution is -2.39. The fraction of sp³-hybridized carbons (Fsp3) is 0.273. The number of aromatic nitrogens is 2. The minimum Gasteiger partial charge on any atom is -0.355 e. The van der Waals surface area contributed by atoms with Crippen LogP contribution in [0.15, 0.2) is 83.2 Å². The molecule has 0 aliphatic rings. The van der Waals surface area contributed by atoms with E-state index in [-0.39, 0.29) is 0 Å². The molecule has 0 amide bonds. The maximum atomic E-state index is 4.32. The first-order valence-electron chi connectivity index (χ1n) is 9.42. The summed E-state index contributed by atoms with van der Waals surface area (Å²) in [6.07, 6.45) is 5.61. The predicted octanol–water partition coefficient (Wildman–Crippen LogP) is 3.78. The van der Waals surface area contributed by atoms with Crippen molar-refractivity contribution >= 4 is 17.7 Å². The molecule has 0 aliphatic heterocycles. The van der Waals surface area contributed by atoms with Gasteiger partial charge in [-0.2, -0.15) is 0 Å². The van der Waals surface area contributed by atoms with Gasteiger partial charge in [-0.25, -0.2) is 4.98 Å². The Morgan fingerprint density at radius 1 is 1.07 bits per heavy atom. The third kappa shape index (κ3) is 6.46. The number of guanidine groups is 1. The molecule has 1 unspecified atom stereocenters. The Balaban J connectivity index is 1.42. The van der Waals surface area contributed by atoms with E-state index >= 15 is 0 Å². The molecule has 2 aromatic carbocycles. The molecule has 0 bridgehead atoms. The third-order valence-corrected chi connectivity index (χ3v) is 5.38. The van der Waals surface area contributed by atoms with Gasteiger partial charge in [0.05, 0.1) is 6.33 Å². The number of nitrogens with one attached hydrogen (secondary N) is 2. The van der Waals surface area contributed by atoms with E-state index in [4.69, 9.17) is 0 Å². The van der Waals surface area contributed by atoms with E-state index < -0.39 is 0 Å². The topological polar surface area (TPSA) is 54.2 Å². The number of thioether (sulfide) groups is 1. The van der Waals surface area contributed by atoms with Gasteiger partial charge < -0.3 is 15.2 Å². The average Bonchev–Trinajstić information content (AvgIpc) is 3.23. The first-order valence-corrected chi connectivity index (χ1v) is 10.3. The largest absolute Gasteiger partial charge is 0.355 e. The zero-order valence-corrected chi connectivity index (χ0v) is 17.2. The second kappa shape index (κ2) is 10.6. The van der Waals surface area contributed by atoms with Crippen molar-refractivity contribution in [3.05, 3.63) is 84.4 Å². The first-order chi connectivity index (χ1) is 13.7. The van der Waals surface area contributed by atoms with Gasteiger partial charge in [0.2, 0.25) is 0 Å². The van der Waals surface area contributed by atoms with Gasteiger partial charge in [0.1, 0.15) is 0 Å². The van der Waals surface area contributed by atoms with Crippen LogP contribution in [0.5, 0.6) is 0 Å². The summed E-state index contributed by atoms with van der Waals surface area (Å²) in [4.78, 5) is 9.69. The lowest BCUT2D eigenvalue weighted by molar-refractivity contribution is 0.785. The quantitative estimate of drug-likeness (QED) is 0.347. The van der Waals surface area contributed by atoms with Crippen molar-refractivity contribution in [3.8, 4) is 0 Å². The van der Waals surface area contributed by atoms with Crippen LogP contribution in [-0.4, -0.2) is 34.4 Å². The van der Waals surface area contributed by atoms with E-state index in [1.54, 1.807) is 13.2 Å². The van der Waals surface area contributed by atoms with Gasteiger partial charge in [0.25, 0.3) is 0 Å². The molecule has 1 aromatic heterocycles. The summed E-state index contributed by atoms with van der Waals surface area (Å²) in [6, 6.07) is 19.1. The minimum absolute atomic E-state index is 0.448. The number of benzene rings is 2. The number of imidazole rings is 1. The molecule has 1 atom stereocenters. The minimum atomic E-state index is 0.448.